The largest absolute Gasteiger partial charge is 0.390 e. The highest BCUT2D eigenvalue weighted by molar-refractivity contribution is 7.98. The number of nitrogens with zero attached hydrogens (tertiary/aromatic N) is 3. The van der Waals surface area contributed by atoms with Crippen LogP contribution >= 0.6 is 11.8 Å². The van der Waals surface area contributed by atoms with Gasteiger partial charge < -0.3 is 10.4 Å². The van der Waals surface area contributed by atoms with E-state index in [0.717, 1.165) is 24.5 Å². The van der Waals surface area contributed by atoms with Crippen LogP contribution in [0.4, 0.5) is 5.82 Å². The maximum atomic E-state index is 10.3. The lowest BCUT2D eigenvalue weighted by molar-refractivity contribution is 0.114. The van der Waals surface area contributed by atoms with Crippen LogP contribution in [-0.4, -0.2) is 52.2 Å². The normalized spacial score (nSPS) is 15.9. The zero-order valence-electron chi connectivity index (χ0n) is 13.3. The molecule has 1 atom stereocenters. The average Bonchev–Trinajstić information content (AvgIpc) is 2.60. The van der Waals surface area contributed by atoms with Crippen LogP contribution in [-0.2, 0) is 13.0 Å². The number of benzene rings is 1. The van der Waals surface area contributed by atoms with Crippen molar-refractivity contribution >= 4 is 17.6 Å². The Bertz CT molecular complexity index is 635. The van der Waals surface area contributed by atoms with Gasteiger partial charge in [0.2, 0.25) is 0 Å². The Kier molecular flexibility index (Phi) is 5.48. The molecule has 0 saturated heterocycles. The van der Waals surface area contributed by atoms with Gasteiger partial charge >= 0.3 is 0 Å². The number of anilines is 1. The van der Waals surface area contributed by atoms with Crippen LogP contribution in [0.15, 0.2) is 41.4 Å². The van der Waals surface area contributed by atoms with Gasteiger partial charge in [0, 0.05) is 26.2 Å². The minimum Gasteiger partial charge on any atom is -0.390 e. The van der Waals surface area contributed by atoms with Gasteiger partial charge in [0.15, 0.2) is 0 Å². The number of aliphatic hydroxyl groups excluding tert-OH is 1. The van der Waals surface area contributed by atoms with Crippen LogP contribution < -0.4 is 5.32 Å². The highest BCUT2D eigenvalue weighted by Crippen LogP contribution is 2.18. The molecule has 1 aliphatic heterocycles. The van der Waals surface area contributed by atoms with Crippen molar-refractivity contribution in [1.29, 1.82) is 0 Å². The first-order valence-corrected chi connectivity index (χ1v) is 9.06. The van der Waals surface area contributed by atoms with Crippen LogP contribution in [0, 0.1) is 0 Å². The van der Waals surface area contributed by atoms with Crippen LogP contribution in [0.25, 0.3) is 0 Å². The number of hydrogen-bond acceptors (Lipinski definition) is 6. The molecule has 0 radical (unpaired) electrons. The zero-order valence-corrected chi connectivity index (χ0v) is 14.1. The molecule has 0 saturated carbocycles. The van der Waals surface area contributed by atoms with Crippen molar-refractivity contribution in [1.82, 2.24) is 15.1 Å². The van der Waals surface area contributed by atoms with Crippen LogP contribution in [0.1, 0.15) is 11.1 Å². The lowest BCUT2D eigenvalue weighted by Gasteiger charge is -2.30. The van der Waals surface area contributed by atoms with E-state index < -0.39 is 6.10 Å². The number of rotatable bonds is 6. The second kappa shape index (κ2) is 7.77. The first-order valence-electron chi connectivity index (χ1n) is 7.83. The van der Waals surface area contributed by atoms with Gasteiger partial charge in [-0.05, 0) is 35.9 Å². The van der Waals surface area contributed by atoms with Crippen molar-refractivity contribution in [2.24, 2.45) is 0 Å². The topological polar surface area (TPSA) is 61.3 Å². The lowest BCUT2D eigenvalue weighted by atomic mass is 10.00. The quantitative estimate of drug-likeness (QED) is 0.790. The van der Waals surface area contributed by atoms with E-state index >= 15 is 0 Å². The van der Waals surface area contributed by atoms with E-state index in [1.165, 1.54) is 11.1 Å². The van der Waals surface area contributed by atoms with Crippen LogP contribution in [0.3, 0.4) is 0 Å². The molecular formula is C17H22N4OS. The second-order valence-electron chi connectivity index (χ2n) is 5.75. The van der Waals surface area contributed by atoms with Crippen molar-refractivity contribution in [2.45, 2.75) is 24.1 Å². The molecule has 1 aliphatic rings. The second-order valence-corrected chi connectivity index (χ2v) is 6.58. The number of aliphatic hydroxyl groups is 1. The SMILES string of the molecule is CSc1ccc(NC[C@@H](O)CN2CCc3ccccc3C2)nn1. The van der Waals surface area contributed by atoms with Gasteiger partial charge in [-0.3, -0.25) is 4.90 Å². The fraction of sp³-hybridized carbons (Fsp3) is 0.412. The van der Waals surface area contributed by atoms with E-state index in [9.17, 15) is 5.11 Å². The Morgan fingerprint density at radius 2 is 2.04 bits per heavy atom. The molecule has 122 valence electrons. The number of fused-ring (bicyclic) bond motifs is 1. The number of hydrogen-bond donors (Lipinski definition) is 2. The van der Waals surface area contributed by atoms with Gasteiger partial charge in [-0.25, -0.2) is 0 Å². The minimum absolute atomic E-state index is 0.428. The van der Waals surface area contributed by atoms with Gasteiger partial charge in [0.25, 0.3) is 0 Å². The predicted octanol–water partition coefficient (Wildman–Crippen LogP) is 2.03. The Morgan fingerprint density at radius 1 is 1.22 bits per heavy atom. The molecule has 2 N–H and O–H groups in total. The highest BCUT2D eigenvalue weighted by atomic mass is 32.2. The van der Waals surface area contributed by atoms with Gasteiger partial charge in [0.05, 0.1) is 6.10 Å². The zero-order chi connectivity index (χ0) is 16.1. The van der Waals surface area contributed by atoms with Gasteiger partial charge in [-0.2, -0.15) is 0 Å². The van der Waals surface area contributed by atoms with E-state index in [4.69, 9.17) is 0 Å². The molecule has 1 aromatic carbocycles. The van der Waals surface area contributed by atoms with Crippen molar-refractivity contribution in [3.8, 4) is 0 Å². The number of β-amino-alcohol motifs (C(OH)–C–C–N with tert-alkyl or cyclic N) is 1. The Balaban J connectivity index is 1.47. The molecule has 1 aromatic heterocycles. The average molecular weight is 330 g/mol. The van der Waals surface area contributed by atoms with Crippen molar-refractivity contribution < 1.29 is 5.11 Å². The van der Waals surface area contributed by atoms with E-state index in [2.05, 4.69) is 44.7 Å². The number of thioether (sulfide) groups is 1. The maximum Gasteiger partial charge on any atom is 0.148 e. The molecule has 5 nitrogen and oxygen atoms in total. The standard InChI is InChI=1S/C17H22N4OS/c1-23-17-7-6-16(19-20-17)18-10-15(22)12-21-9-8-13-4-2-3-5-14(13)11-21/h2-7,15,22H,8-12H2,1H3,(H,18,19)/t15-/m1/s1. The summed E-state index contributed by atoms with van der Waals surface area (Å²) in [7, 11) is 0. The predicted molar refractivity (Wildman–Crippen MR) is 93.7 cm³/mol. The third kappa shape index (κ3) is 4.43. The summed E-state index contributed by atoms with van der Waals surface area (Å²) < 4.78 is 0. The summed E-state index contributed by atoms with van der Waals surface area (Å²) in [6, 6.07) is 12.4. The fourth-order valence-electron chi connectivity index (χ4n) is 2.82. The van der Waals surface area contributed by atoms with Gasteiger partial charge in [-0.1, -0.05) is 24.3 Å². The number of nitrogens with one attached hydrogen (secondary N) is 1. The first-order chi connectivity index (χ1) is 11.2. The molecule has 0 spiro atoms. The van der Waals surface area contributed by atoms with Crippen molar-refractivity contribution in [3.05, 3.63) is 47.5 Å². The molecule has 3 rings (SSSR count). The van der Waals surface area contributed by atoms with E-state index in [1.807, 2.05) is 18.4 Å². The highest BCUT2D eigenvalue weighted by Gasteiger charge is 2.18. The Labute approximate surface area is 141 Å². The monoisotopic (exact) mass is 330 g/mol. The van der Waals surface area contributed by atoms with E-state index in [0.29, 0.717) is 18.9 Å². The summed E-state index contributed by atoms with van der Waals surface area (Å²) in [5.74, 6) is 0.700. The van der Waals surface area contributed by atoms with Crippen molar-refractivity contribution in [2.75, 3.05) is 31.2 Å². The lowest BCUT2D eigenvalue weighted by Crippen LogP contribution is -2.39. The van der Waals surface area contributed by atoms with Gasteiger partial charge in [0.1, 0.15) is 10.8 Å². The summed E-state index contributed by atoms with van der Waals surface area (Å²) in [6.45, 7) is 3.05. The number of aromatic nitrogens is 2. The molecule has 0 bridgehead atoms. The summed E-state index contributed by atoms with van der Waals surface area (Å²) >= 11 is 1.56. The Hall–Kier alpha value is -1.63. The van der Waals surface area contributed by atoms with E-state index in [1.54, 1.807) is 11.8 Å². The van der Waals surface area contributed by atoms with Crippen molar-refractivity contribution in [3.63, 3.8) is 0 Å². The third-order valence-corrected chi connectivity index (χ3v) is 4.68. The smallest absolute Gasteiger partial charge is 0.148 e. The summed E-state index contributed by atoms with van der Waals surface area (Å²) in [4.78, 5) is 2.30. The summed E-state index contributed by atoms with van der Waals surface area (Å²) in [5, 5.41) is 22.5. The first kappa shape index (κ1) is 16.2. The minimum atomic E-state index is -0.428. The van der Waals surface area contributed by atoms with Crippen LogP contribution in [0.5, 0.6) is 0 Å². The van der Waals surface area contributed by atoms with Crippen LogP contribution in [0.2, 0.25) is 0 Å². The van der Waals surface area contributed by atoms with Gasteiger partial charge in [-0.15, -0.1) is 22.0 Å². The Morgan fingerprint density at radius 3 is 2.78 bits per heavy atom. The fourth-order valence-corrected chi connectivity index (χ4v) is 3.14. The summed E-state index contributed by atoms with van der Waals surface area (Å²) in [5.41, 5.74) is 2.80. The molecule has 6 heteroatoms. The molecule has 0 fully saturated rings. The third-order valence-electron chi connectivity index (χ3n) is 4.05. The molecular weight excluding hydrogens is 308 g/mol. The van der Waals surface area contributed by atoms with E-state index in [-0.39, 0.29) is 0 Å². The molecule has 0 aliphatic carbocycles. The molecule has 23 heavy (non-hydrogen) atoms. The molecule has 0 amide bonds. The summed E-state index contributed by atoms with van der Waals surface area (Å²) in [6.07, 6.45) is 2.59. The molecule has 0 unspecified atom stereocenters. The maximum absolute atomic E-state index is 10.3. The molecule has 2 heterocycles. The molecule has 2 aromatic rings.